The third kappa shape index (κ3) is 5.95. The summed E-state index contributed by atoms with van der Waals surface area (Å²) in [6.07, 6.45) is 3.54. The third-order valence-corrected chi connectivity index (χ3v) is 9.62. The molecule has 0 radical (unpaired) electrons. The maximum Gasteiger partial charge on any atom is 0.227 e. The fourth-order valence-electron chi connectivity index (χ4n) is 5.51. The Morgan fingerprint density at radius 2 is 1.90 bits per heavy atom. The number of pyridine rings is 1. The largest absolute Gasteiger partial charge is 0.389 e. The summed E-state index contributed by atoms with van der Waals surface area (Å²) in [6, 6.07) is 8.16. The molecule has 0 bridgehead atoms. The van der Waals surface area contributed by atoms with Gasteiger partial charge in [0, 0.05) is 68.4 Å². The molecule has 2 N–H and O–H groups in total. The molecule has 0 amide bonds. The molecule has 1 aromatic carbocycles. The Morgan fingerprint density at radius 3 is 2.59 bits per heavy atom. The average Bonchev–Trinajstić information content (AvgIpc) is 2.90. The highest BCUT2D eigenvalue weighted by molar-refractivity contribution is 7.91. The molecule has 2 aliphatic heterocycles. The summed E-state index contributed by atoms with van der Waals surface area (Å²) in [6.45, 7) is 8.64. The summed E-state index contributed by atoms with van der Waals surface area (Å²) in [5.41, 5.74) is 2.31. The second-order valence-corrected chi connectivity index (χ2v) is 13.3. The number of β-amino-alcohol motifs (C(OH)–C–C–N with tert-alkyl or cyclic N) is 1. The quantitative estimate of drug-likeness (QED) is 0.407. The van der Waals surface area contributed by atoms with Crippen molar-refractivity contribution in [2.24, 2.45) is 5.92 Å². The SMILES string of the molecule is CCS(=O)(=O)CC1CN(c2ccc(C(C)C)c3cc(Nc4ccnc(N5CC[C@@H](OC)[C@@H](O)C5)n4)ncc23)C1. The first kappa shape index (κ1) is 27.5. The van der Waals surface area contributed by atoms with Gasteiger partial charge in [0.1, 0.15) is 21.5 Å². The van der Waals surface area contributed by atoms with Crippen molar-refractivity contribution in [3.63, 3.8) is 0 Å². The maximum atomic E-state index is 12.1. The number of nitrogens with zero attached hydrogens (tertiary/aromatic N) is 5. The highest BCUT2D eigenvalue weighted by Gasteiger charge is 2.32. The third-order valence-electron chi connectivity index (χ3n) is 7.77. The van der Waals surface area contributed by atoms with Crippen LogP contribution in [0.1, 0.15) is 38.7 Å². The number of piperidine rings is 1. The molecule has 210 valence electrons. The van der Waals surface area contributed by atoms with E-state index in [-0.39, 0.29) is 23.5 Å². The van der Waals surface area contributed by atoms with Crippen LogP contribution in [0, 0.1) is 5.92 Å². The van der Waals surface area contributed by atoms with Gasteiger partial charge in [0.2, 0.25) is 5.95 Å². The minimum absolute atomic E-state index is 0.164. The van der Waals surface area contributed by atoms with Crippen LogP contribution >= 0.6 is 0 Å². The zero-order valence-corrected chi connectivity index (χ0v) is 23.9. The summed E-state index contributed by atoms with van der Waals surface area (Å²) in [7, 11) is -1.36. The number of nitrogens with one attached hydrogen (secondary N) is 1. The average molecular weight is 555 g/mol. The van der Waals surface area contributed by atoms with Crippen molar-refractivity contribution in [1.29, 1.82) is 0 Å². The molecule has 11 heteroatoms. The van der Waals surface area contributed by atoms with Crippen LogP contribution in [0.25, 0.3) is 10.8 Å². The number of aliphatic hydroxyl groups is 1. The van der Waals surface area contributed by atoms with Crippen molar-refractivity contribution in [3.05, 3.63) is 42.2 Å². The summed E-state index contributed by atoms with van der Waals surface area (Å²) < 4.78 is 29.5. The van der Waals surface area contributed by atoms with Gasteiger partial charge in [-0.05, 0) is 41.5 Å². The van der Waals surface area contributed by atoms with Crippen LogP contribution in [0.3, 0.4) is 0 Å². The van der Waals surface area contributed by atoms with Crippen molar-refractivity contribution in [3.8, 4) is 0 Å². The van der Waals surface area contributed by atoms with Gasteiger partial charge in [-0.2, -0.15) is 4.98 Å². The maximum absolute atomic E-state index is 12.1. The number of sulfone groups is 1. The standard InChI is InChI=1S/C28H38N6O4S/c1-5-39(36,37)17-19-14-34(15-19)23-7-6-20(18(2)3)21-12-27(30-13-22(21)23)31-26-8-10-29-28(32-26)33-11-9-25(38-4)24(35)16-33/h6-8,10,12-13,18-19,24-25,35H,5,9,11,14-17H2,1-4H3,(H,29,30,31,32)/t24-,25+/m0/s1. The molecular weight excluding hydrogens is 516 g/mol. The monoisotopic (exact) mass is 554 g/mol. The first-order valence-corrected chi connectivity index (χ1v) is 15.4. The van der Waals surface area contributed by atoms with Crippen LogP contribution in [0.4, 0.5) is 23.3 Å². The number of anilines is 4. The number of benzene rings is 1. The lowest BCUT2D eigenvalue weighted by Crippen LogP contribution is -2.49. The van der Waals surface area contributed by atoms with E-state index in [9.17, 15) is 13.5 Å². The molecule has 0 saturated carbocycles. The minimum atomic E-state index is -2.98. The van der Waals surface area contributed by atoms with E-state index in [2.05, 4.69) is 52.2 Å². The molecule has 2 aromatic heterocycles. The molecule has 2 saturated heterocycles. The second kappa shape index (κ2) is 11.2. The first-order chi connectivity index (χ1) is 18.7. The van der Waals surface area contributed by atoms with Crippen LogP contribution in [0.15, 0.2) is 36.7 Å². The van der Waals surface area contributed by atoms with E-state index in [0.29, 0.717) is 43.0 Å². The lowest BCUT2D eigenvalue weighted by atomic mass is 9.93. The number of hydrogen-bond acceptors (Lipinski definition) is 10. The Labute approximate surface area is 230 Å². The van der Waals surface area contributed by atoms with E-state index in [1.807, 2.05) is 11.1 Å². The molecule has 5 rings (SSSR count). The second-order valence-electron chi connectivity index (χ2n) is 10.9. The predicted molar refractivity (Wildman–Crippen MR) is 155 cm³/mol. The molecule has 2 atom stereocenters. The Balaban J connectivity index is 1.36. The molecule has 2 fully saturated rings. The van der Waals surface area contributed by atoms with Crippen LogP contribution in [0.5, 0.6) is 0 Å². The molecular formula is C28H38N6O4S. The van der Waals surface area contributed by atoms with E-state index >= 15 is 0 Å². The van der Waals surface area contributed by atoms with Gasteiger partial charge in [-0.3, -0.25) is 0 Å². The molecule has 4 heterocycles. The molecule has 0 unspecified atom stereocenters. The number of methoxy groups -OCH3 is 1. The zero-order valence-electron chi connectivity index (χ0n) is 23.0. The molecule has 3 aromatic rings. The van der Waals surface area contributed by atoms with Crippen LogP contribution in [-0.4, -0.2) is 85.5 Å². The van der Waals surface area contributed by atoms with Crippen molar-refractivity contribution in [2.75, 3.05) is 59.9 Å². The summed E-state index contributed by atoms with van der Waals surface area (Å²) >= 11 is 0. The fraction of sp³-hybridized carbons (Fsp3) is 0.536. The molecule has 0 aliphatic carbocycles. The fourth-order valence-corrected chi connectivity index (χ4v) is 6.68. The van der Waals surface area contributed by atoms with Crippen LogP contribution in [0.2, 0.25) is 0 Å². The number of aromatic nitrogens is 3. The number of aliphatic hydroxyl groups excluding tert-OH is 1. The lowest BCUT2D eigenvalue weighted by Gasteiger charge is -2.41. The summed E-state index contributed by atoms with van der Waals surface area (Å²) in [5.74, 6) is 2.78. The van der Waals surface area contributed by atoms with Crippen molar-refractivity contribution < 1.29 is 18.3 Å². The number of rotatable bonds is 9. The lowest BCUT2D eigenvalue weighted by molar-refractivity contribution is -0.0219. The van der Waals surface area contributed by atoms with Gasteiger partial charge in [-0.1, -0.05) is 26.8 Å². The van der Waals surface area contributed by atoms with Gasteiger partial charge in [0.15, 0.2) is 0 Å². The van der Waals surface area contributed by atoms with Crippen LogP contribution < -0.4 is 15.1 Å². The van der Waals surface area contributed by atoms with Gasteiger partial charge < -0.3 is 25.0 Å². The Morgan fingerprint density at radius 1 is 1.10 bits per heavy atom. The highest BCUT2D eigenvalue weighted by Crippen LogP contribution is 2.37. The summed E-state index contributed by atoms with van der Waals surface area (Å²) in [4.78, 5) is 18.0. The smallest absolute Gasteiger partial charge is 0.227 e. The van der Waals surface area contributed by atoms with Crippen molar-refractivity contribution in [2.45, 2.75) is 45.3 Å². The normalized spacial score (nSPS) is 20.5. The Hall–Kier alpha value is -3.02. The van der Waals surface area contributed by atoms with Crippen molar-refractivity contribution in [1.82, 2.24) is 15.0 Å². The molecule has 2 aliphatic rings. The minimum Gasteiger partial charge on any atom is -0.389 e. The molecule has 10 nitrogen and oxygen atoms in total. The van der Waals surface area contributed by atoms with E-state index < -0.39 is 15.9 Å². The Bertz CT molecular complexity index is 1430. The Kier molecular flexibility index (Phi) is 7.93. The van der Waals surface area contributed by atoms with E-state index in [1.165, 1.54) is 5.56 Å². The molecule has 39 heavy (non-hydrogen) atoms. The van der Waals surface area contributed by atoms with Crippen molar-refractivity contribution >= 4 is 43.9 Å². The van der Waals surface area contributed by atoms with E-state index in [4.69, 9.17) is 9.72 Å². The van der Waals surface area contributed by atoms with Gasteiger partial charge in [0.25, 0.3) is 0 Å². The van der Waals surface area contributed by atoms with E-state index in [0.717, 1.165) is 29.5 Å². The first-order valence-electron chi connectivity index (χ1n) is 13.6. The van der Waals surface area contributed by atoms with Gasteiger partial charge in [-0.25, -0.2) is 18.4 Å². The van der Waals surface area contributed by atoms with Crippen LogP contribution in [-0.2, 0) is 14.6 Å². The highest BCUT2D eigenvalue weighted by atomic mass is 32.2. The van der Waals surface area contributed by atoms with E-state index in [1.54, 1.807) is 26.3 Å². The van der Waals surface area contributed by atoms with Gasteiger partial charge in [0.05, 0.1) is 18.0 Å². The number of ether oxygens (including phenoxy) is 1. The van der Waals surface area contributed by atoms with Gasteiger partial charge >= 0.3 is 0 Å². The van der Waals surface area contributed by atoms with Gasteiger partial charge in [-0.15, -0.1) is 0 Å². The zero-order chi connectivity index (χ0) is 27.7. The number of hydrogen-bond donors (Lipinski definition) is 2. The number of fused-ring (bicyclic) bond motifs is 1. The summed E-state index contributed by atoms with van der Waals surface area (Å²) in [5, 5.41) is 15.9. The predicted octanol–water partition coefficient (Wildman–Crippen LogP) is 3.35. The molecule has 0 spiro atoms. The topological polar surface area (TPSA) is 121 Å².